The highest BCUT2D eigenvalue weighted by molar-refractivity contribution is 9.10. The van der Waals surface area contributed by atoms with Gasteiger partial charge in [0.1, 0.15) is 0 Å². The Morgan fingerprint density at radius 1 is 1.30 bits per heavy atom. The van der Waals surface area contributed by atoms with Crippen molar-refractivity contribution in [1.29, 1.82) is 0 Å². The van der Waals surface area contributed by atoms with Crippen molar-refractivity contribution in [1.82, 2.24) is 9.78 Å². The highest BCUT2D eigenvalue weighted by Crippen LogP contribution is 2.25. The van der Waals surface area contributed by atoms with Crippen molar-refractivity contribution in [2.45, 2.75) is 37.5 Å². The summed E-state index contributed by atoms with van der Waals surface area (Å²) < 4.78 is 15.3. The number of rotatable bonds is 5. The van der Waals surface area contributed by atoms with Gasteiger partial charge in [-0.15, -0.1) is 0 Å². The van der Waals surface area contributed by atoms with Crippen LogP contribution in [0.1, 0.15) is 25.2 Å². The van der Waals surface area contributed by atoms with Gasteiger partial charge >= 0.3 is 0 Å². The summed E-state index contributed by atoms with van der Waals surface area (Å²) in [6, 6.07) is 7.17. The molecular weight excluding hydrogens is 338 g/mol. The van der Waals surface area contributed by atoms with Gasteiger partial charge in [0.05, 0.1) is 32.4 Å². The molecule has 2 aromatic rings. The number of aromatic nitrogens is 2. The molecule has 0 saturated carbocycles. The number of anilines is 1. The molecule has 2 rings (SSSR count). The van der Waals surface area contributed by atoms with E-state index in [2.05, 4.69) is 28.0 Å². The first-order valence-electron chi connectivity index (χ1n) is 6.54. The molecule has 0 amide bonds. The standard InChI is InChI=1S/C14H18BrN3OS/c1-3-12-14(15)13(18(4-2)17-12)9-20(19)11-7-5-10(16)6-8-11/h5-8H,3-4,9,16H2,1-2H3. The average Bonchev–Trinajstić information content (AvgIpc) is 2.76. The quantitative estimate of drug-likeness (QED) is 0.838. The normalized spacial score (nSPS) is 12.6. The van der Waals surface area contributed by atoms with Crippen LogP contribution in [-0.2, 0) is 29.5 Å². The number of nitrogens with two attached hydrogens (primary N) is 1. The monoisotopic (exact) mass is 355 g/mol. The molecule has 2 N–H and O–H groups in total. The summed E-state index contributed by atoms with van der Waals surface area (Å²) in [4.78, 5) is 0.785. The molecule has 4 nitrogen and oxygen atoms in total. The van der Waals surface area contributed by atoms with Gasteiger partial charge in [0.2, 0.25) is 0 Å². The maximum absolute atomic E-state index is 12.5. The molecule has 1 unspecified atom stereocenters. The Bertz CT molecular complexity index is 622. The molecule has 1 aromatic heterocycles. The van der Waals surface area contributed by atoms with Crippen molar-refractivity contribution in [2.75, 3.05) is 5.73 Å². The average molecular weight is 356 g/mol. The summed E-state index contributed by atoms with van der Waals surface area (Å²) in [6.07, 6.45) is 0.856. The second kappa shape index (κ2) is 6.54. The summed E-state index contributed by atoms with van der Waals surface area (Å²) in [5.41, 5.74) is 8.33. The third kappa shape index (κ3) is 3.12. The topological polar surface area (TPSA) is 60.9 Å². The third-order valence-electron chi connectivity index (χ3n) is 3.10. The SMILES string of the molecule is CCc1nn(CC)c(CS(=O)c2ccc(N)cc2)c1Br. The lowest BCUT2D eigenvalue weighted by molar-refractivity contribution is 0.623. The van der Waals surface area contributed by atoms with Crippen LogP contribution in [0, 0.1) is 0 Å². The van der Waals surface area contributed by atoms with E-state index in [9.17, 15) is 4.21 Å². The minimum absolute atomic E-state index is 0.450. The number of halogens is 1. The molecular formula is C14H18BrN3OS. The molecule has 0 saturated heterocycles. The molecule has 0 aliphatic heterocycles. The van der Waals surface area contributed by atoms with E-state index in [1.54, 1.807) is 12.1 Å². The molecule has 0 aliphatic rings. The van der Waals surface area contributed by atoms with Gasteiger partial charge in [-0.05, 0) is 53.5 Å². The number of hydrogen-bond donors (Lipinski definition) is 1. The Kier molecular flexibility index (Phi) is 4.99. The molecule has 0 fully saturated rings. The Balaban J connectivity index is 2.27. The van der Waals surface area contributed by atoms with Gasteiger partial charge in [-0.1, -0.05) is 6.92 Å². The zero-order valence-corrected chi connectivity index (χ0v) is 14.0. The number of nitrogens with zero attached hydrogens (tertiary/aromatic N) is 2. The molecule has 1 aromatic carbocycles. The first-order chi connectivity index (χ1) is 9.56. The first-order valence-corrected chi connectivity index (χ1v) is 8.66. The van der Waals surface area contributed by atoms with Gasteiger partial charge in [-0.2, -0.15) is 5.10 Å². The second-order valence-electron chi connectivity index (χ2n) is 4.44. The number of hydrogen-bond acceptors (Lipinski definition) is 3. The van der Waals surface area contributed by atoms with Crippen LogP contribution < -0.4 is 5.73 Å². The molecule has 108 valence electrons. The van der Waals surface area contributed by atoms with E-state index < -0.39 is 10.8 Å². The van der Waals surface area contributed by atoms with Gasteiger partial charge in [-0.25, -0.2) is 0 Å². The summed E-state index contributed by atoms with van der Waals surface area (Å²) >= 11 is 3.58. The Labute approximate surface area is 130 Å². The lowest BCUT2D eigenvalue weighted by atomic mass is 10.3. The van der Waals surface area contributed by atoms with Crippen molar-refractivity contribution in [3.63, 3.8) is 0 Å². The Hall–Kier alpha value is -1.14. The van der Waals surface area contributed by atoms with Gasteiger partial charge in [-0.3, -0.25) is 8.89 Å². The molecule has 0 radical (unpaired) electrons. The number of aryl methyl sites for hydroxylation is 2. The van der Waals surface area contributed by atoms with Crippen LogP contribution in [0.2, 0.25) is 0 Å². The van der Waals surface area contributed by atoms with Crippen LogP contribution in [0.3, 0.4) is 0 Å². The van der Waals surface area contributed by atoms with Crippen molar-refractivity contribution < 1.29 is 4.21 Å². The molecule has 1 heterocycles. The Morgan fingerprint density at radius 3 is 2.50 bits per heavy atom. The van der Waals surface area contributed by atoms with E-state index in [0.717, 1.165) is 33.7 Å². The zero-order chi connectivity index (χ0) is 14.7. The van der Waals surface area contributed by atoms with Crippen molar-refractivity contribution >= 4 is 32.4 Å². The Morgan fingerprint density at radius 2 is 1.95 bits per heavy atom. The van der Waals surface area contributed by atoms with Crippen LogP contribution in [0.5, 0.6) is 0 Å². The van der Waals surface area contributed by atoms with Gasteiger partial charge in [0.25, 0.3) is 0 Å². The summed E-state index contributed by atoms with van der Waals surface area (Å²) in [6.45, 7) is 4.87. The molecule has 0 spiro atoms. The summed E-state index contributed by atoms with van der Waals surface area (Å²) in [5, 5.41) is 4.52. The lowest BCUT2D eigenvalue weighted by Gasteiger charge is -2.06. The van der Waals surface area contributed by atoms with Gasteiger partial charge in [0.15, 0.2) is 0 Å². The van der Waals surface area contributed by atoms with E-state index in [1.165, 1.54) is 0 Å². The summed E-state index contributed by atoms with van der Waals surface area (Å²) in [7, 11) is -1.10. The van der Waals surface area contributed by atoms with Crippen LogP contribution in [0.25, 0.3) is 0 Å². The fraction of sp³-hybridized carbons (Fsp3) is 0.357. The first kappa shape index (κ1) is 15.3. The van der Waals surface area contributed by atoms with Crippen molar-refractivity contribution in [3.8, 4) is 0 Å². The molecule has 0 bridgehead atoms. The third-order valence-corrected chi connectivity index (χ3v) is 5.35. The lowest BCUT2D eigenvalue weighted by Crippen LogP contribution is -2.06. The van der Waals surface area contributed by atoms with Crippen LogP contribution in [0.4, 0.5) is 5.69 Å². The van der Waals surface area contributed by atoms with Gasteiger partial charge in [0, 0.05) is 17.1 Å². The highest BCUT2D eigenvalue weighted by Gasteiger charge is 2.17. The maximum atomic E-state index is 12.5. The molecule has 6 heteroatoms. The smallest absolute Gasteiger partial charge is 0.0767 e. The van der Waals surface area contributed by atoms with Crippen LogP contribution in [-0.4, -0.2) is 14.0 Å². The van der Waals surface area contributed by atoms with Crippen LogP contribution >= 0.6 is 15.9 Å². The van der Waals surface area contributed by atoms with E-state index in [-0.39, 0.29) is 0 Å². The van der Waals surface area contributed by atoms with Crippen molar-refractivity contribution in [3.05, 3.63) is 40.1 Å². The van der Waals surface area contributed by atoms with Gasteiger partial charge < -0.3 is 5.73 Å². The predicted octanol–water partition coefficient (Wildman–Crippen LogP) is 3.12. The predicted molar refractivity (Wildman–Crippen MR) is 85.9 cm³/mol. The maximum Gasteiger partial charge on any atom is 0.0767 e. The van der Waals surface area contributed by atoms with Crippen molar-refractivity contribution in [2.24, 2.45) is 0 Å². The highest BCUT2D eigenvalue weighted by atomic mass is 79.9. The van der Waals surface area contributed by atoms with E-state index in [1.807, 2.05) is 23.7 Å². The van der Waals surface area contributed by atoms with E-state index >= 15 is 0 Å². The largest absolute Gasteiger partial charge is 0.399 e. The fourth-order valence-corrected chi connectivity index (χ4v) is 4.02. The minimum atomic E-state index is -1.10. The second-order valence-corrected chi connectivity index (χ2v) is 6.68. The van der Waals surface area contributed by atoms with Crippen LogP contribution in [0.15, 0.2) is 33.6 Å². The molecule has 0 aliphatic carbocycles. The zero-order valence-electron chi connectivity index (χ0n) is 11.6. The molecule has 1 atom stereocenters. The minimum Gasteiger partial charge on any atom is -0.399 e. The van der Waals surface area contributed by atoms with E-state index in [4.69, 9.17) is 5.73 Å². The number of nitrogen functional groups attached to an aromatic ring is 1. The number of benzene rings is 1. The fourth-order valence-electron chi connectivity index (χ4n) is 1.98. The summed E-state index contributed by atoms with van der Waals surface area (Å²) in [5.74, 6) is 0.450. The molecule has 20 heavy (non-hydrogen) atoms. The van der Waals surface area contributed by atoms with E-state index in [0.29, 0.717) is 11.4 Å².